The van der Waals surface area contributed by atoms with Crippen LogP contribution in [-0.2, 0) is 19.1 Å². The normalized spacial score (nSPS) is 15.5. The lowest BCUT2D eigenvalue weighted by Crippen LogP contribution is -2.47. The first-order valence-corrected chi connectivity index (χ1v) is 8.40. The SMILES string of the molecule is COCC1(C(=O)Nc2ccc(OCCC(=O)OC)cc2)CCNCC1.Cl. The highest BCUT2D eigenvalue weighted by Crippen LogP contribution is 2.31. The molecule has 0 spiro atoms. The minimum atomic E-state index is -0.490. The molecule has 0 aromatic heterocycles. The summed E-state index contributed by atoms with van der Waals surface area (Å²) in [5.41, 5.74) is 0.217. The van der Waals surface area contributed by atoms with Gasteiger partial charge in [0.25, 0.3) is 0 Å². The minimum absolute atomic E-state index is 0. The van der Waals surface area contributed by atoms with Crippen LogP contribution < -0.4 is 15.4 Å². The molecular weight excluding hydrogens is 360 g/mol. The number of halogens is 1. The number of carbonyl (C=O) groups is 2. The van der Waals surface area contributed by atoms with Gasteiger partial charge in [0.2, 0.25) is 5.91 Å². The van der Waals surface area contributed by atoms with E-state index in [2.05, 4.69) is 15.4 Å². The van der Waals surface area contributed by atoms with Gasteiger partial charge in [-0.1, -0.05) is 0 Å². The maximum absolute atomic E-state index is 12.7. The first-order chi connectivity index (χ1) is 12.1. The molecule has 1 aliphatic heterocycles. The lowest BCUT2D eigenvalue weighted by molar-refractivity contribution is -0.141. The van der Waals surface area contributed by atoms with Crippen LogP contribution in [0.1, 0.15) is 19.3 Å². The van der Waals surface area contributed by atoms with Crippen LogP contribution in [0.4, 0.5) is 5.69 Å². The lowest BCUT2D eigenvalue weighted by atomic mass is 9.78. The zero-order valence-electron chi connectivity index (χ0n) is 15.2. The highest BCUT2D eigenvalue weighted by molar-refractivity contribution is 5.95. The second-order valence-corrected chi connectivity index (χ2v) is 6.12. The van der Waals surface area contributed by atoms with E-state index < -0.39 is 5.41 Å². The van der Waals surface area contributed by atoms with Gasteiger partial charge in [-0.3, -0.25) is 9.59 Å². The average molecular weight is 387 g/mol. The molecule has 0 saturated carbocycles. The summed E-state index contributed by atoms with van der Waals surface area (Å²) in [4.78, 5) is 23.8. The van der Waals surface area contributed by atoms with Crippen molar-refractivity contribution in [3.8, 4) is 5.75 Å². The van der Waals surface area contributed by atoms with Gasteiger partial charge in [-0.25, -0.2) is 0 Å². The topological polar surface area (TPSA) is 85.9 Å². The van der Waals surface area contributed by atoms with Crippen molar-refractivity contribution in [2.24, 2.45) is 5.41 Å². The summed E-state index contributed by atoms with van der Waals surface area (Å²) in [5.74, 6) is 0.305. The molecule has 1 fully saturated rings. The molecule has 1 aromatic rings. The Bertz CT molecular complexity index is 568. The van der Waals surface area contributed by atoms with E-state index in [-0.39, 0.29) is 37.3 Å². The van der Waals surface area contributed by atoms with Gasteiger partial charge in [-0.2, -0.15) is 0 Å². The number of carbonyl (C=O) groups excluding carboxylic acids is 2. The number of hydrogen-bond donors (Lipinski definition) is 2. The Labute approximate surface area is 160 Å². The van der Waals surface area contributed by atoms with E-state index >= 15 is 0 Å². The summed E-state index contributed by atoms with van der Waals surface area (Å²) in [6, 6.07) is 7.09. The summed E-state index contributed by atoms with van der Waals surface area (Å²) in [6.45, 7) is 2.28. The maximum atomic E-state index is 12.7. The van der Waals surface area contributed by atoms with Gasteiger partial charge >= 0.3 is 5.97 Å². The molecule has 2 rings (SSSR count). The number of rotatable bonds is 8. The number of esters is 1. The van der Waals surface area contributed by atoms with Gasteiger partial charge in [0.15, 0.2) is 0 Å². The van der Waals surface area contributed by atoms with Crippen LogP contribution in [0.25, 0.3) is 0 Å². The molecule has 0 aliphatic carbocycles. The van der Waals surface area contributed by atoms with Crippen LogP contribution in [0.2, 0.25) is 0 Å². The van der Waals surface area contributed by atoms with Crippen molar-refractivity contribution in [1.82, 2.24) is 5.32 Å². The number of piperidine rings is 1. The second-order valence-electron chi connectivity index (χ2n) is 6.12. The fourth-order valence-corrected chi connectivity index (χ4v) is 2.87. The number of benzene rings is 1. The van der Waals surface area contributed by atoms with Crippen molar-refractivity contribution in [2.75, 3.05) is 45.8 Å². The number of methoxy groups -OCH3 is 2. The molecule has 1 amide bonds. The average Bonchev–Trinajstić information content (AvgIpc) is 2.64. The summed E-state index contributed by atoms with van der Waals surface area (Å²) >= 11 is 0. The third kappa shape index (κ3) is 6.16. The third-order valence-electron chi connectivity index (χ3n) is 4.38. The number of ether oxygens (including phenoxy) is 3. The Hall–Kier alpha value is -1.83. The quantitative estimate of drug-likeness (QED) is 0.665. The van der Waals surface area contributed by atoms with Crippen LogP contribution in [0.5, 0.6) is 5.75 Å². The molecule has 0 bridgehead atoms. The molecule has 7 nitrogen and oxygen atoms in total. The molecule has 26 heavy (non-hydrogen) atoms. The van der Waals surface area contributed by atoms with Crippen LogP contribution in [-0.4, -0.2) is 52.4 Å². The van der Waals surface area contributed by atoms with Crippen molar-refractivity contribution in [3.63, 3.8) is 0 Å². The summed E-state index contributed by atoms with van der Waals surface area (Å²) < 4.78 is 15.3. The molecule has 1 aromatic carbocycles. The summed E-state index contributed by atoms with van der Waals surface area (Å²) in [5, 5.41) is 6.24. The lowest BCUT2D eigenvalue weighted by Gasteiger charge is -2.35. The summed E-state index contributed by atoms with van der Waals surface area (Å²) in [7, 11) is 2.97. The number of anilines is 1. The highest BCUT2D eigenvalue weighted by Gasteiger charge is 2.39. The number of hydrogen-bond acceptors (Lipinski definition) is 6. The Morgan fingerprint density at radius 1 is 1.15 bits per heavy atom. The molecule has 0 radical (unpaired) electrons. The number of amides is 1. The predicted octanol–water partition coefficient (Wildman–Crippen LogP) is 2.01. The Morgan fingerprint density at radius 3 is 2.38 bits per heavy atom. The molecule has 2 N–H and O–H groups in total. The Balaban J connectivity index is 0.00000338. The van der Waals surface area contributed by atoms with Crippen LogP contribution in [0, 0.1) is 5.41 Å². The van der Waals surface area contributed by atoms with Gasteiger partial charge in [-0.05, 0) is 50.2 Å². The van der Waals surface area contributed by atoms with E-state index in [9.17, 15) is 9.59 Å². The number of nitrogens with one attached hydrogen (secondary N) is 2. The molecule has 0 atom stereocenters. The third-order valence-corrected chi connectivity index (χ3v) is 4.38. The van der Waals surface area contributed by atoms with Gasteiger partial charge in [-0.15, -0.1) is 12.4 Å². The van der Waals surface area contributed by atoms with Crippen molar-refractivity contribution in [1.29, 1.82) is 0 Å². The molecule has 1 heterocycles. The van der Waals surface area contributed by atoms with Gasteiger partial charge in [0.05, 0.1) is 32.2 Å². The fraction of sp³-hybridized carbons (Fsp3) is 0.556. The molecule has 0 unspecified atom stereocenters. The highest BCUT2D eigenvalue weighted by atomic mass is 35.5. The van der Waals surface area contributed by atoms with Crippen molar-refractivity contribution in [3.05, 3.63) is 24.3 Å². The van der Waals surface area contributed by atoms with E-state index in [0.717, 1.165) is 25.9 Å². The van der Waals surface area contributed by atoms with E-state index in [4.69, 9.17) is 9.47 Å². The zero-order chi connectivity index (χ0) is 18.1. The molecular formula is C18H27ClN2O5. The minimum Gasteiger partial charge on any atom is -0.493 e. The van der Waals surface area contributed by atoms with Crippen molar-refractivity contribution < 1.29 is 23.8 Å². The molecule has 1 saturated heterocycles. The molecule has 8 heteroatoms. The van der Waals surface area contributed by atoms with Crippen molar-refractivity contribution >= 4 is 30.0 Å². The largest absolute Gasteiger partial charge is 0.493 e. The van der Waals surface area contributed by atoms with Crippen LogP contribution in [0.3, 0.4) is 0 Å². The predicted molar refractivity (Wildman–Crippen MR) is 101 cm³/mol. The Morgan fingerprint density at radius 2 is 1.81 bits per heavy atom. The second kappa shape index (κ2) is 11.0. The van der Waals surface area contributed by atoms with E-state index in [1.807, 2.05) is 0 Å². The van der Waals surface area contributed by atoms with Crippen LogP contribution >= 0.6 is 12.4 Å². The van der Waals surface area contributed by atoms with Crippen LogP contribution in [0.15, 0.2) is 24.3 Å². The molecule has 1 aliphatic rings. The first kappa shape index (κ1) is 22.2. The van der Waals surface area contributed by atoms with E-state index in [0.29, 0.717) is 18.0 Å². The van der Waals surface area contributed by atoms with E-state index in [1.165, 1.54) is 7.11 Å². The van der Waals surface area contributed by atoms with Gasteiger partial charge < -0.3 is 24.8 Å². The summed E-state index contributed by atoms with van der Waals surface area (Å²) in [6.07, 6.45) is 1.70. The Kier molecular flexibility index (Phi) is 9.40. The molecule has 146 valence electrons. The standard InChI is InChI=1S/C18H26N2O5.ClH/c1-23-13-18(8-10-19-11-9-18)17(22)20-14-3-5-15(6-4-14)25-12-7-16(21)24-2;/h3-6,19H,7-13H2,1-2H3,(H,20,22);1H. The first-order valence-electron chi connectivity index (χ1n) is 8.40. The smallest absolute Gasteiger partial charge is 0.308 e. The monoisotopic (exact) mass is 386 g/mol. The van der Waals surface area contributed by atoms with E-state index in [1.54, 1.807) is 31.4 Å². The fourth-order valence-electron chi connectivity index (χ4n) is 2.87. The van der Waals surface area contributed by atoms with Gasteiger partial charge in [0.1, 0.15) is 5.75 Å². The van der Waals surface area contributed by atoms with Gasteiger partial charge in [0, 0.05) is 12.8 Å². The maximum Gasteiger partial charge on any atom is 0.308 e. The zero-order valence-corrected chi connectivity index (χ0v) is 16.0. The van der Waals surface area contributed by atoms with Crippen molar-refractivity contribution in [2.45, 2.75) is 19.3 Å².